The molecule has 0 aromatic heterocycles. The van der Waals surface area contributed by atoms with Gasteiger partial charge >= 0.3 is 0 Å². The van der Waals surface area contributed by atoms with Gasteiger partial charge in [0.05, 0.1) is 16.1 Å². The smallest absolute Gasteiger partial charge is 0.213 e. The van der Waals surface area contributed by atoms with Gasteiger partial charge in [0.25, 0.3) is 0 Å². The Morgan fingerprint density at radius 1 is 0.906 bits per heavy atom. The molecule has 184 valence electrons. The molecule has 9 heteroatoms. The first-order valence-electron chi connectivity index (χ1n) is 11.6. The fourth-order valence-corrected chi connectivity index (χ4v) is 5.59. The summed E-state index contributed by atoms with van der Waals surface area (Å²) >= 11 is 0. The second-order valence-electron chi connectivity index (χ2n) is 9.72. The molecule has 1 aromatic carbocycles. The van der Waals surface area contributed by atoms with Crippen LogP contribution in [0.4, 0.5) is 0 Å². The van der Waals surface area contributed by atoms with Crippen molar-refractivity contribution >= 4 is 20.0 Å². The molecule has 1 atom stereocenters. The van der Waals surface area contributed by atoms with Crippen molar-refractivity contribution in [3.63, 3.8) is 0 Å². The average molecular weight is 489 g/mol. The summed E-state index contributed by atoms with van der Waals surface area (Å²) in [4.78, 5) is 0. The summed E-state index contributed by atoms with van der Waals surface area (Å²) in [5.41, 5.74) is 1.03. The van der Waals surface area contributed by atoms with Crippen molar-refractivity contribution in [2.75, 3.05) is 13.1 Å². The Hall–Kier alpha value is -1.00. The summed E-state index contributed by atoms with van der Waals surface area (Å²) in [6.45, 7) is 9.49. The Balaban J connectivity index is 1.87. The van der Waals surface area contributed by atoms with Gasteiger partial charge in [-0.05, 0) is 82.8 Å². The third-order valence-electron chi connectivity index (χ3n) is 6.72. The lowest BCUT2D eigenvalue weighted by Crippen LogP contribution is -2.38. The van der Waals surface area contributed by atoms with Crippen molar-refractivity contribution < 1.29 is 21.9 Å². The van der Waals surface area contributed by atoms with Crippen LogP contribution in [0.3, 0.4) is 0 Å². The van der Waals surface area contributed by atoms with Crippen LogP contribution in [-0.2, 0) is 32.1 Å². The van der Waals surface area contributed by atoms with E-state index in [0.29, 0.717) is 38.3 Å². The molecule has 0 radical (unpaired) electrons. The third kappa shape index (κ3) is 7.25. The highest BCUT2D eigenvalue weighted by Gasteiger charge is 2.36. The van der Waals surface area contributed by atoms with Crippen LogP contribution in [0, 0.1) is 11.8 Å². The van der Waals surface area contributed by atoms with Gasteiger partial charge in [0.1, 0.15) is 0 Å². The van der Waals surface area contributed by atoms with Gasteiger partial charge in [0.2, 0.25) is 20.0 Å². The predicted molar refractivity (Wildman–Crippen MR) is 129 cm³/mol. The molecule has 1 fully saturated rings. The number of aliphatic hydroxyl groups is 1. The second-order valence-corrected chi connectivity index (χ2v) is 14.4. The van der Waals surface area contributed by atoms with E-state index in [1.165, 1.54) is 0 Å². The third-order valence-corrected chi connectivity index (χ3v) is 10.4. The van der Waals surface area contributed by atoms with Crippen LogP contribution in [0.1, 0.15) is 71.4 Å². The molecule has 1 aliphatic carbocycles. The molecule has 1 aliphatic rings. The molecule has 32 heavy (non-hydrogen) atoms. The van der Waals surface area contributed by atoms with Gasteiger partial charge < -0.3 is 5.11 Å². The number of nitrogens with one attached hydrogen (secondary N) is 2. The van der Waals surface area contributed by atoms with Crippen molar-refractivity contribution in [1.82, 2.24) is 9.44 Å². The minimum atomic E-state index is -3.26. The average Bonchev–Trinajstić information content (AvgIpc) is 2.72. The second kappa shape index (κ2) is 11.0. The largest absolute Gasteiger partial charge is 0.385 e. The number of sulfonamides is 2. The molecule has 1 saturated carbocycles. The van der Waals surface area contributed by atoms with E-state index in [-0.39, 0.29) is 5.92 Å². The maximum atomic E-state index is 12.0. The minimum absolute atomic E-state index is 0.213. The highest BCUT2D eigenvalue weighted by Crippen LogP contribution is 2.41. The molecule has 0 heterocycles. The summed E-state index contributed by atoms with van der Waals surface area (Å²) in [5, 5.41) is 10.3. The van der Waals surface area contributed by atoms with E-state index in [9.17, 15) is 21.9 Å². The van der Waals surface area contributed by atoms with Gasteiger partial charge in [0.15, 0.2) is 0 Å². The number of hydrogen-bond donors (Lipinski definition) is 3. The van der Waals surface area contributed by atoms with E-state index in [1.54, 1.807) is 27.7 Å². The summed E-state index contributed by atoms with van der Waals surface area (Å²) in [6.07, 6.45) is 3.58. The SMILES string of the molecule is CC(CNS(=O)(=O)C(C)C)C1CCC(O)(c2ccc(CCNS(=O)(=O)C(C)C)cc2)CC1. The maximum absolute atomic E-state index is 12.0. The summed E-state index contributed by atoms with van der Waals surface area (Å²) in [5.74, 6) is 0.587. The van der Waals surface area contributed by atoms with Crippen LogP contribution >= 0.6 is 0 Å². The Morgan fingerprint density at radius 3 is 1.91 bits per heavy atom. The van der Waals surface area contributed by atoms with Crippen molar-refractivity contribution in [3.05, 3.63) is 35.4 Å². The van der Waals surface area contributed by atoms with Gasteiger partial charge in [-0.3, -0.25) is 0 Å². The Kier molecular flexibility index (Phi) is 9.32. The van der Waals surface area contributed by atoms with Crippen molar-refractivity contribution in [1.29, 1.82) is 0 Å². The summed E-state index contributed by atoms with van der Waals surface area (Å²) in [7, 11) is -6.52. The van der Waals surface area contributed by atoms with E-state index in [4.69, 9.17) is 0 Å². The number of hydrogen-bond acceptors (Lipinski definition) is 5. The van der Waals surface area contributed by atoms with E-state index >= 15 is 0 Å². The quantitative estimate of drug-likeness (QED) is 0.443. The molecule has 2 rings (SSSR count). The first-order chi connectivity index (χ1) is 14.8. The molecule has 0 bridgehead atoms. The normalized spacial score (nSPS) is 23.6. The molecule has 0 saturated heterocycles. The van der Waals surface area contributed by atoms with E-state index in [2.05, 4.69) is 16.4 Å². The Bertz CT molecular complexity index is 933. The first kappa shape index (κ1) is 27.2. The summed E-state index contributed by atoms with van der Waals surface area (Å²) in [6, 6.07) is 7.78. The highest BCUT2D eigenvalue weighted by molar-refractivity contribution is 7.90. The monoisotopic (exact) mass is 488 g/mol. The Morgan fingerprint density at radius 2 is 1.41 bits per heavy atom. The minimum Gasteiger partial charge on any atom is -0.385 e. The van der Waals surface area contributed by atoms with E-state index in [1.807, 2.05) is 24.3 Å². The van der Waals surface area contributed by atoms with E-state index in [0.717, 1.165) is 24.0 Å². The van der Waals surface area contributed by atoms with Gasteiger partial charge in [-0.15, -0.1) is 0 Å². The lowest BCUT2D eigenvalue weighted by molar-refractivity contribution is -0.0207. The number of benzene rings is 1. The van der Waals surface area contributed by atoms with Gasteiger partial charge in [0, 0.05) is 13.1 Å². The topological polar surface area (TPSA) is 113 Å². The molecule has 7 nitrogen and oxygen atoms in total. The van der Waals surface area contributed by atoms with Crippen LogP contribution in [-0.4, -0.2) is 45.5 Å². The molecule has 1 aromatic rings. The van der Waals surface area contributed by atoms with Crippen molar-refractivity contribution in [2.24, 2.45) is 11.8 Å². The molecule has 0 spiro atoms. The molecule has 1 unspecified atom stereocenters. The van der Waals surface area contributed by atoms with E-state index < -0.39 is 36.1 Å². The fraction of sp³-hybridized carbons (Fsp3) is 0.739. The molecule has 0 aliphatic heterocycles. The zero-order valence-electron chi connectivity index (χ0n) is 20.0. The Labute approximate surface area is 194 Å². The zero-order chi connectivity index (χ0) is 24.2. The predicted octanol–water partition coefficient (Wildman–Crippen LogP) is 2.90. The van der Waals surface area contributed by atoms with Crippen molar-refractivity contribution in [3.8, 4) is 0 Å². The first-order valence-corrected chi connectivity index (χ1v) is 14.6. The molecule has 3 N–H and O–H groups in total. The van der Waals surface area contributed by atoms with Crippen LogP contribution in [0.25, 0.3) is 0 Å². The van der Waals surface area contributed by atoms with Gasteiger partial charge in [-0.2, -0.15) is 0 Å². The van der Waals surface area contributed by atoms with Crippen molar-refractivity contribution in [2.45, 2.75) is 82.8 Å². The van der Waals surface area contributed by atoms with Gasteiger partial charge in [-0.1, -0.05) is 31.2 Å². The van der Waals surface area contributed by atoms with Crippen LogP contribution in [0.5, 0.6) is 0 Å². The van der Waals surface area contributed by atoms with Crippen LogP contribution < -0.4 is 9.44 Å². The van der Waals surface area contributed by atoms with Crippen LogP contribution in [0.2, 0.25) is 0 Å². The molecular formula is C23H40N2O5S2. The highest BCUT2D eigenvalue weighted by atomic mass is 32.2. The summed E-state index contributed by atoms with van der Waals surface area (Å²) < 4.78 is 53.0. The fourth-order valence-electron chi connectivity index (χ4n) is 4.04. The lowest BCUT2D eigenvalue weighted by Gasteiger charge is -2.38. The zero-order valence-corrected chi connectivity index (χ0v) is 21.6. The van der Waals surface area contributed by atoms with Gasteiger partial charge in [-0.25, -0.2) is 26.3 Å². The lowest BCUT2D eigenvalue weighted by atomic mass is 9.71. The maximum Gasteiger partial charge on any atom is 0.213 e. The number of rotatable bonds is 11. The molecule has 0 amide bonds. The molecular weight excluding hydrogens is 448 g/mol. The van der Waals surface area contributed by atoms with Crippen LogP contribution in [0.15, 0.2) is 24.3 Å². The standard InChI is InChI=1S/C23H40N2O5S2/c1-17(2)31(27,28)24-15-12-20-6-8-22(9-7-20)23(26)13-10-21(11-14-23)19(5)16-25-32(29,30)18(3)4/h6-9,17-19,21,24-26H,10-16H2,1-5H3.